The van der Waals surface area contributed by atoms with Gasteiger partial charge in [-0.3, -0.25) is 0 Å². The maximum absolute atomic E-state index is 13.4. The van der Waals surface area contributed by atoms with Crippen molar-refractivity contribution in [1.82, 2.24) is 14.4 Å². The Labute approximate surface area is 170 Å². The van der Waals surface area contributed by atoms with Crippen LogP contribution in [-0.2, 0) is 22.9 Å². The molecule has 1 aliphatic heterocycles. The Morgan fingerprint density at radius 1 is 0.966 bits per heavy atom. The van der Waals surface area contributed by atoms with Crippen molar-refractivity contribution < 1.29 is 12.9 Å². The summed E-state index contributed by atoms with van der Waals surface area (Å²) in [5, 5.41) is 4.07. The fourth-order valence-electron chi connectivity index (χ4n) is 4.36. The molecule has 6 nitrogen and oxygen atoms in total. The highest BCUT2D eigenvalue weighted by Gasteiger charge is 2.39. The van der Waals surface area contributed by atoms with Crippen molar-refractivity contribution in [3.05, 3.63) is 65.5 Å². The second kappa shape index (κ2) is 7.39. The van der Waals surface area contributed by atoms with Crippen molar-refractivity contribution in [2.45, 2.75) is 49.5 Å². The number of rotatable bonds is 4. The molecule has 2 heterocycles. The third-order valence-corrected chi connectivity index (χ3v) is 7.79. The molecule has 5 rings (SSSR count). The highest BCUT2D eigenvalue weighted by Crippen LogP contribution is 2.37. The molecule has 0 bridgehead atoms. The lowest BCUT2D eigenvalue weighted by atomic mass is 9.92. The molecular weight excluding hydrogens is 386 g/mol. The highest BCUT2D eigenvalue weighted by atomic mass is 32.2. The van der Waals surface area contributed by atoms with Gasteiger partial charge >= 0.3 is 0 Å². The lowest BCUT2D eigenvalue weighted by Crippen LogP contribution is -2.31. The summed E-state index contributed by atoms with van der Waals surface area (Å²) in [6.07, 6.45) is 5.73. The number of hydrogen-bond donors (Lipinski definition) is 0. The van der Waals surface area contributed by atoms with Gasteiger partial charge in [-0.1, -0.05) is 41.6 Å². The van der Waals surface area contributed by atoms with Gasteiger partial charge in [-0.25, -0.2) is 8.42 Å². The van der Waals surface area contributed by atoms with Gasteiger partial charge in [0.2, 0.25) is 21.7 Å². The van der Waals surface area contributed by atoms with E-state index in [4.69, 9.17) is 4.52 Å². The zero-order valence-electron chi connectivity index (χ0n) is 16.1. The Hall–Kier alpha value is -2.51. The lowest BCUT2D eigenvalue weighted by molar-refractivity contribution is 0.290. The molecule has 1 saturated heterocycles. The van der Waals surface area contributed by atoms with E-state index in [9.17, 15) is 8.42 Å². The first-order valence-corrected chi connectivity index (χ1v) is 11.6. The summed E-state index contributed by atoms with van der Waals surface area (Å²) in [6, 6.07) is 14.7. The Bertz CT molecular complexity index is 1130. The van der Waals surface area contributed by atoms with Crippen LogP contribution >= 0.6 is 0 Å². The van der Waals surface area contributed by atoms with Crippen LogP contribution in [-0.4, -0.2) is 29.4 Å². The summed E-state index contributed by atoms with van der Waals surface area (Å²) < 4.78 is 33.8. The molecule has 0 saturated carbocycles. The van der Waals surface area contributed by atoms with Crippen LogP contribution in [0.15, 0.2) is 57.9 Å². The van der Waals surface area contributed by atoms with Gasteiger partial charge in [0.1, 0.15) is 6.04 Å². The van der Waals surface area contributed by atoms with Gasteiger partial charge in [-0.15, -0.1) is 0 Å². The van der Waals surface area contributed by atoms with Crippen LogP contribution < -0.4 is 0 Å². The predicted molar refractivity (Wildman–Crippen MR) is 109 cm³/mol. The van der Waals surface area contributed by atoms with Crippen LogP contribution in [0.2, 0.25) is 0 Å². The first-order chi connectivity index (χ1) is 14.1. The van der Waals surface area contributed by atoms with Crippen molar-refractivity contribution in [3.63, 3.8) is 0 Å². The van der Waals surface area contributed by atoms with Crippen LogP contribution in [0.3, 0.4) is 0 Å². The summed E-state index contributed by atoms with van der Waals surface area (Å²) in [6.45, 7) is 0.465. The van der Waals surface area contributed by atoms with Crippen molar-refractivity contribution in [1.29, 1.82) is 0 Å². The lowest BCUT2D eigenvalue weighted by Gasteiger charge is -2.23. The number of hydrogen-bond acceptors (Lipinski definition) is 5. The smallest absolute Gasteiger partial charge is 0.245 e. The van der Waals surface area contributed by atoms with Crippen LogP contribution in [0, 0.1) is 0 Å². The third kappa shape index (κ3) is 3.38. The highest BCUT2D eigenvalue weighted by molar-refractivity contribution is 7.89. The van der Waals surface area contributed by atoms with Crippen molar-refractivity contribution >= 4 is 10.0 Å². The fourth-order valence-corrected chi connectivity index (χ4v) is 6.06. The first-order valence-electron chi connectivity index (χ1n) is 10.2. The number of benzene rings is 2. The molecule has 2 aromatic carbocycles. The number of fused-ring (bicyclic) bond motifs is 1. The van der Waals surface area contributed by atoms with Crippen molar-refractivity contribution in [2.75, 3.05) is 6.54 Å². The molecule has 150 valence electrons. The molecule has 7 heteroatoms. The molecule has 0 radical (unpaired) electrons. The van der Waals surface area contributed by atoms with Crippen LogP contribution in [0.5, 0.6) is 0 Å². The number of sulfonamides is 1. The third-order valence-electron chi connectivity index (χ3n) is 5.89. The molecule has 1 aromatic heterocycles. The van der Waals surface area contributed by atoms with E-state index in [1.54, 1.807) is 6.07 Å². The second-order valence-corrected chi connectivity index (χ2v) is 9.62. The monoisotopic (exact) mass is 409 g/mol. The van der Waals surface area contributed by atoms with Crippen LogP contribution in [0.4, 0.5) is 0 Å². The van der Waals surface area contributed by atoms with Crippen LogP contribution in [0.1, 0.15) is 48.7 Å². The molecule has 2 aliphatic rings. The Kier molecular flexibility index (Phi) is 4.72. The first kappa shape index (κ1) is 18.5. The molecule has 3 aromatic rings. The van der Waals surface area contributed by atoms with Gasteiger partial charge in [0.15, 0.2) is 0 Å². The van der Waals surface area contributed by atoms with Gasteiger partial charge in [-0.05, 0) is 61.8 Å². The number of nitrogens with zero attached hydrogens (tertiary/aromatic N) is 3. The molecular formula is C22H23N3O3S. The van der Waals surface area contributed by atoms with Gasteiger partial charge in [0.05, 0.1) is 4.90 Å². The molecule has 0 N–H and O–H groups in total. The average Bonchev–Trinajstić information content (AvgIpc) is 3.44. The van der Waals surface area contributed by atoms with Crippen molar-refractivity contribution in [2.24, 2.45) is 0 Å². The maximum Gasteiger partial charge on any atom is 0.245 e. The Morgan fingerprint density at radius 2 is 1.76 bits per heavy atom. The average molecular weight is 410 g/mol. The molecule has 0 spiro atoms. The molecule has 0 unspecified atom stereocenters. The van der Waals surface area contributed by atoms with E-state index < -0.39 is 16.1 Å². The van der Waals surface area contributed by atoms with E-state index in [0.717, 1.165) is 36.8 Å². The summed E-state index contributed by atoms with van der Waals surface area (Å²) >= 11 is 0. The summed E-state index contributed by atoms with van der Waals surface area (Å²) in [5.41, 5.74) is 3.29. The predicted octanol–water partition coefficient (Wildman–Crippen LogP) is 4.14. The second-order valence-electron chi connectivity index (χ2n) is 7.73. The van der Waals surface area contributed by atoms with Crippen LogP contribution in [0.25, 0.3) is 11.4 Å². The van der Waals surface area contributed by atoms with E-state index in [1.807, 2.05) is 42.5 Å². The minimum Gasteiger partial charge on any atom is -0.337 e. The topological polar surface area (TPSA) is 76.3 Å². The van der Waals surface area contributed by atoms with E-state index in [2.05, 4.69) is 10.1 Å². The molecule has 1 atom stereocenters. The quantitative estimate of drug-likeness (QED) is 0.647. The number of aromatic nitrogens is 2. The molecule has 0 amide bonds. The molecule has 1 fully saturated rings. The Morgan fingerprint density at radius 3 is 2.59 bits per heavy atom. The van der Waals surface area contributed by atoms with Gasteiger partial charge < -0.3 is 4.52 Å². The maximum atomic E-state index is 13.4. The number of aryl methyl sites for hydroxylation is 2. The van der Waals surface area contributed by atoms with Gasteiger partial charge in [-0.2, -0.15) is 9.29 Å². The molecule has 1 aliphatic carbocycles. The summed E-state index contributed by atoms with van der Waals surface area (Å²) in [4.78, 5) is 4.87. The van der Waals surface area contributed by atoms with E-state index in [1.165, 1.54) is 16.3 Å². The molecule has 29 heavy (non-hydrogen) atoms. The van der Waals surface area contributed by atoms with E-state index >= 15 is 0 Å². The summed E-state index contributed by atoms with van der Waals surface area (Å²) in [5.74, 6) is 0.849. The Balaban J connectivity index is 1.45. The SMILES string of the molecule is O=S(=O)(c1ccc2c(c1)CCCC2)N1CCC[C@H]1c1nc(-c2ccccc2)no1. The fraction of sp³-hybridized carbons (Fsp3) is 0.364. The van der Waals surface area contributed by atoms with E-state index in [-0.39, 0.29) is 0 Å². The summed E-state index contributed by atoms with van der Waals surface area (Å²) in [7, 11) is -3.62. The normalized spacial score (nSPS) is 19.9. The zero-order valence-corrected chi connectivity index (χ0v) is 16.9. The standard InChI is InChI=1S/C22H23N3O3S/c26-29(27,19-13-12-16-7-4-5-10-18(16)15-19)25-14-6-11-20(25)22-23-21(24-28-22)17-8-2-1-3-9-17/h1-3,8-9,12-13,15,20H,4-7,10-11,14H2/t20-/m0/s1. The zero-order chi connectivity index (χ0) is 19.8. The minimum atomic E-state index is -3.62. The largest absolute Gasteiger partial charge is 0.337 e. The van der Waals surface area contributed by atoms with Gasteiger partial charge in [0, 0.05) is 12.1 Å². The van der Waals surface area contributed by atoms with Crippen molar-refractivity contribution in [3.8, 4) is 11.4 Å². The van der Waals surface area contributed by atoms with Gasteiger partial charge in [0.25, 0.3) is 0 Å². The van der Waals surface area contributed by atoms with E-state index in [0.29, 0.717) is 29.6 Å². The minimum absolute atomic E-state index is 0.364.